The Kier molecular flexibility index (Phi) is 7.85. The van der Waals surface area contributed by atoms with Crippen molar-refractivity contribution in [2.24, 2.45) is 5.92 Å². The second-order valence-corrected chi connectivity index (χ2v) is 9.52. The monoisotopic (exact) mass is 456 g/mol. The van der Waals surface area contributed by atoms with Crippen molar-refractivity contribution in [3.05, 3.63) is 35.2 Å². The molecule has 0 aliphatic carbocycles. The number of rotatable bonds is 9. The number of aryl methyl sites for hydroxylation is 1. The SMILES string of the molecule is Cc1cc(OCCCC2CCN(c3nc(C(C)C)no3)CC2)ccc1C(=O)N[C@@H]1CCOC1. The van der Waals surface area contributed by atoms with Gasteiger partial charge in [-0.1, -0.05) is 19.0 Å². The molecule has 1 aromatic heterocycles. The summed E-state index contributed by atoms with van der Waals surface area (Å²) in [5.41, 5.74) is 1.63. The number of carbonyl (C=O) groups excluding carboxylic acids is 1. The first-order chi connectivity index (χ1) is 16.0. The lowest BCUT2D eigenvalue weighted by molar-refractivity contribution is 0.0929. The second kappa shape index (κ2) is 11.0. The van der Waals surface area contributed by atoms with Crippen molar-refractivity contribution >= 4 is 11.9 Å². The van der Waals surface area contributed by atoms with Crippen LogP contribution >= 0.6 is 0 Å². The number of hydrogen-bond acceptors (Lipinski definition) is 7. The molecule has 0 unspecified atom stereocenters. The van der Waals surface area contributed by atoms with Crippen LogP contribution in [0.25, 0.3) is 0 Å². The molecule has 2 aliphatic heterocycles. The van der Waals surface area contributed by atoms with Gasteiger partial charge in [-0.3, -0.25) is 4.79 Å². The molecule has 2 fully saturated rings. The second-order valence-electron chi connectivity index (χ2n) is 9.52. The van der Waals surface area contributed by atoms with Gasteiger partial charge in [0.05, 0.1) is 19.3 Å². The molecule has 3 heterocycles. The quantitative estimate of drug-likeness (QED) is 0.568. The summed E-state index contributed by atoms with van der Waals surface area (Å²) >= 11 is 0. The third-order valence-electron chi connectivity index (χ3n) is 6.57. The predicted molar refractivity (Wildman–Crippen MR) is 126 cm³/mol. The topological polar surface area (TPSA) is 89.7 Å². The fraction of sp³-hybridized carbons (Fsp3) is 0.640. The summed E-state index contributed by atoms with van der Waals surface area (Å²) in [5, 5.41) is 7.11. The van der Waals surface area contributed by atoms with E-state index in [0.29, 0.717) is 37.3 Å². The van der Waals surface area contributed by atoms with Crippen molar-refractivity contribution in [1.29, 1.82) is 0 Å². The Morgan fingerprint density at radius 3 is 2.76 bits per heavy atom. The highest BCUT2D eigenvalue weighted by Crippen LogP contribution is 2.26. The third kappa shape index (κ3) is 6.25. The van der Waals surface area contributed by atoms with Gasteiger partial charge in [0.15, 0.2) is 5.82 Å². The number of benzene rings is 1. The molecule has 33 heavy (non-hydrogen) atoms. The van der Waals surface area contributed by atoms with Gasteiger partial charge in [-0.25, -0.2) is 0 Å². The fourth-order valence-corrected chi connectivity index (χ4v) is 4.46. The highest BCUT2D eigenvalue weighted by Gasteiger charge is 2.23. The van der Waals surface area contributed by atoms with Crippen molar-refractivity contribution in [3.8, 4) is 5.75 Å². The van der Waals surface area contributed by atoms with E-state index in [0.717, 1.165) is 62.3 Å². The van der Waals surface area contributed by atoms with E-state index in [4.69, 9.17) is 14.0 Å². The number of piperidine rings is 1. The Morgan fingerprint density at radius 2 is 2.09 bits per heavy atom. The van der Waals surface area contributed by atoms with Gasteiger partial charge in [0, 0.05) is 31.2 Å². The number of carbonyl (C=O) groups is 1. The Morgan fingerprint density at radius 1 is 1.27 bits per heavy atom. The summed E-state index contributed by atoms with van der Waals surface area (Å²) in [6.07, 6.45) is 5.31. The summed E-state index contributed by atoms with van der Waals surface area (Å²) in [4.78, 5) is 19.2. The molecule has 2 aliphatic rings. The lowest BCUT2D eigenvalue weighted by atomic mass is 9.92. The normalized spacial score (nSPS) is 19.3. The molecule has 0 spiro atoms. The van der Waals surface area contributed by atoms with Crippen molar-refractivity contribution < 1.29 is 18.8 Å². The first-order valence-corrected chi connectivity index (χ1v) is 12.2. The van der Waals surface area contributed by atoms with Crippen molar-refractivity contribution in [3.63, 3.8) is 0 Å². The number of nitrogens with one attached hydrogen (secondary N) is 1. The number of hydrogen-bond donors (Lipinski definition) is 1. The van der Waals surface area contributed by atoms with Crippen LogP contribution in [-0.4, -0.2) is 55.0 Å². The Hall–Kier alpha value is -2.61. The average Bonchev–Trinajstić information content (AvgIpc) is 3.50. The largest absolute Gasteiger partial charge is 0.494 e. The maximum Gasteiger partial charge on any atom is 0.324 e. The van der Waals surface area contributed by atoms with Crippen LogP contribution in [0, 0.1) is 12.8 Å². The molecule has 1 aromatic carbocycles. The molecule has 4 rings (SSSR count). The van der Waals surface area contributed by atoms with Gasteiger partial charge >= 0.3 is 6.01 Å². The first-order valence-electron chi connectivity index (χ1n) is 12.2. The molecule has 2 aromatic rings. The minimum atomic E-state index is -0.0400. The summed E-state index contributed by atoms with van der Waals surface area (Å²) in [6.45, 7) is 10.0. The van der Waals surface area contributed by atoms with E-state index in [-0.39, 0.29) is 17.9 Å². The van der Waals surface area contributed by atoms with Crippen LogP contribution < -0.4 is 15.0 Å². The van der Waals surface area contributed by atoms with Crippen LogP contribution in [0.1, 0.15) is 73.6 Å². The minimum Gasteiger partial charge on any atom is -0.494 e. The van der Waals surface area contributed by atoms with Gasteiger partial charge < -0.3 is 24.2 Å². The highest BCUT2D eigenvalue weighted by molar-refractivity contribution is 5.96. The molecule has 1 amide bonds. The molecule has 0 radical (unpaired) electrons. The average molecular weight is 457 g/mol. The van der Waals surface area contributed by atoms with Crippen LogP contribution in [0.2, 0.25) is 0 Å². The predicted octanol–water partition coefficient (Wildman–Crippen LogP) is 4.10. The van der Waals surface area contributed by atoms with E-state index in [2.05, 4.69) is 34.2 Å². The third-order valence-corrected chi connectivity index (χ3v) is 6.57. The van der Waals surface area contributed by atoms with Crippen molar-refractivity contribution in [2.45, 2.75) is 64.8 Å². The Bertz CT molecular complexity index is 915. The van der Waals surface area contributed by atoms with Gasteiger partial charge in [0.25, 0.3) is 5.91 Å². The molecule has 1 atom stereocenters. The van der Waals surface area contributed by atoms with Crippen LogP contribution in [0.5, 0.6) is 5.75 Å². The molecule has 0 saturated carbocycles. The van der Waals surface area contributed by atoms with E-state index < -0.39 is 0 Å². The smallest absolute Gasteiger partial charge is 0.324 e. The standard InChI is InChI=1S/C25H36N4O4/c1-17(2)23-27-25(33-28-23)29-11-8-19(9-12-29)5-4-13-32-21-6-7-22(18(3)15-21)24(30)26-20-10-14-31-16-20/h6-7,15,17,19-20H,4-5,8-14,16H2,1-3H3,(H,26,30)/t20-/m1/s1. The van der Waals surface area contributed by atoms with E-state index in [1.54, 1.807) is 0 Å². The molecule has 180 valence electrons. The molecule has 2 saturated heterocycles. The molecule has 0 bridgehead atoms. The zero-order valence-corrected chi connectivity index (χ0v) is 20.0. The van der Waals surface area contributed by atoms with Crippen LogP contribution in [0.3, 0.4) is 0 Å². The molecule has 1 N–H and O–H groups in total. The van der Waals surface area contributed by atoms with Crippen LogP contribution in [0.15, 0.2) is 22.7 Å². The Labute approximate surface area is 196 Å². The maximum atomic E-state index is 12.5. The summed E-state index contributed by atoms with van der Waals surface area (Å²) < 4.78 is 16.7. The van der Waals surface area contributed by atoms with E-state index in [9.17, 15) is 4.79 Å². The van der Waals surface area contributed by atoms with E-state index in [1.807, 2.05) is 25.1 Å². The lowest BCUT2D eigenvalue weighted by Crippen LogP contribution is -2.35. The number of anilines is 1. The lowest BCUT2D eigenvalue weighted by Gasteiger charge is -2.30. The highest BCUT2D eigenvalue weighted by atomic mass is 16.5. The van der Waals surface area contributed by atoms with E-state index >= 15 is 0 Å². The van der Waals surface area contributed by atoms with Crippen molar-refractivity contribution in [1.82, 2.24) is 15.5 Å². The van der Waals surface area contributed by atoms with Crippen molar-refractivity contribution in [2.75, 3.05) is 37.8 Å². The zero-order chi connectivity index (χ0) is 23.2. The summed E-state index contributed by atoms with van der Waals surface area (Å²) in [6, 6.07) is 6.47. The van der Waals surface area contributed by atoms with Crippen LogP contribution in [-0.2, 0) is 4.74 Å². The summed E-state index contributed by atoms with van der Waals surface area (Å²) in [5.74, 6) is 2.53. The van der Waals surface area contributed by atoms with Gasteiger partial charge in [-0.15, -0.1) is 0 Å². The van der Waals surface area contributed by atoms with Gasteiger partial charge in [-0.2, -0.15) is 4.98 Å². The number of amides is 1. The molecule has 8 heteroatoms. The summed E-state index contributed by atoms with van der Waals surface area (Å²) in [7, 11) is 0. The fourth-order valence-electron chi connectivity index (χ4n) is 4.46. The van der Waals surface area contributed by atoms with Gasteiger partial charge in [0.2, 0.25) is 0 Å². The number of nitrogens with zero attached hydrogens (tertiary/aromatic N) is 3. The molecule has 8 nitrogen and oxygen atoms in total. The molecular formula is C25H36N4O4. The number of aromatic nitrogens is 2. The van der Waals surface area contributed by atoms with Crippen LogP contribution in [0.4, 0.5) is 6.01 Å². The van der Waals surface area contributed by atoms with Gasteiger partial charge in [-0.05, 0) is 68.7 Å². The first kappa shape index (κ1) is 23.5. The van der Waals surface area contributed by atoms with E-state index in [1.165, 1.54) is 0 Å². The van der Waals surface area contributed by atoms with Gasteiger partial charge in [0.1, 0.15) is 5.75 Å². The minimum absolute atomic E-state index is 0.0400. The number of ether oxygens (including phenoxy) is 2. The zero-order valence-electron chi connectivity index (χ0n) is 20.0. The Balaban J connectivity index is 1.16. The molecular weight excluding hydrogens is 420 g/mol. The maximum absolute atomic E-state index is 12.5.